The van der Waals surface area contributed by atoms with Gasteiger partial charge in [-0.1, -0.05) is 5.16 Å². The van der Waals surface area contributed by atoms with Gasteiger partial charge in [-0.3, -0.25) is 0 Å². The maximum Gasteiger partial charge on any atom is 0.407 e. The van der Waals surface area contributed by atoms with Crippen molar-refractivity contribution >= 4 is 22.0 Å². The van der Waals surface area contributed by atoms with Crippen molar-refractivity contribution in [2.75, 3.05) is 19.6 Å². The van der Waals surface area contributed by atoms with Gasteiger partial charge in [0, 0.05) is 25.2 Å². The third-order valence-electron chi connectivity index (χ3n) is 4.40. The van der Waals surface area contributed by atoms with Crippen LogP contribution in [0.1, 0.15) is 39.2 Å². The zero-order valence-corrected chi connectivity index (χ0v) is 17.2. The number of benzene rings is 1. The van der Waals surface area contributed by atoms with Crippen LogP contribution in [0.5, 0.6) is 0 Å². The third kappa shape index (κ3) is 5.83. The lowest BCUT2D eigenvalue weighted by Gasteiger charge is -2.31. The number of nitrogens with zero attached hydrogens (tertiary/aromatic N) is 2. The lowest BCUT2D eigenvalue weighted by atomic mass is 9.98. The molecule has 1 amide bonds. The summed E-state index contributed by atoms with van der Waals surface area (Å²) in [4.78, 5) is 11.9. The monoisotopic (exact) mass is 412 g/mol. The summed E-state index contributed by atoms with van der Waals surface area (Å²) in [5.41, 5.74) is 5.38. The summed E-state index contributed by atoms with van der Waals surface area (Å²) in [6, 6.07) is 5.89. The number of carbonyl (C=O) groups is 1. The molecule has 0 aromatic heterocycles. The van der Waals surface area contributed by atoms with E-state index in [0.717, 1.165) is 0 Å². The summed E-state index contributed by atoms with van der Waals surface area (Å²) in [7, 11) is -3.61. The summed E-state index contributed by atoms with van der Waals surface area (Å²) in [6.45, 7) is 6.61. The average Bonchev–Trinajstić information content (AvgIpc) is 2.65. The van der Waals surface area contributed by atoms with E-state index >= 15 is 0 Å². The zero-order chi connectivity index (χ0) is 20.9. The number of oxime groups is 1. The van der Waals surface area contributed by atoms with Crippen LogP contribution in [0.4, 0.5) is 4.79 Å². The maximum absolute atomic E-state index is 12.8. The predicted molar refractivity (Wildman–Crippen MR) is 105 cm³/mol. The van der Waals surface area contributed by atoms with Gasteiger partial charge in [0.05, 0.1) is 4.90 Å². The van der Waals surface area contributed by atoms with Crippen LogP contribution < -0.4 is 11.1 Å². The SMILES string of the molecule is CC(C)(C)OC(=O)NCC1CCN(S(=O)(=O)c2ccc(C(N)=NO)cc2)CC1. The highest BCUT2D eigenvalue weighted by molar-refractivity contribution is 7.89. The highest BCUT2D eigenvalue weighted by Crippen LogP contribution is 2.24. The molecule has 1 aromatic rings. The Bertz CT molecular complexity index is 807. The van der Waals surface area contributed by atoms with Gasteiger partial charge in [0.15, 0.2) is 5.84 Å². The summed E-state index contributed by atoms with van der Waals surface area (Å²) in [5, 5.41) is 14.3. The van der Waals surface area contributed by atoms with Crippen molar-refractivity contribution in [1.29, 1.82) is 0 Å². The van der Waals surface area contributed by atoms with Crippen LogP contribution in [0.25, 0.3) is 0 Å². The first-order chi connectivity index (χ1) is 13.0. The number of piperidine rings is 1. The van der Waals surface area contributed by atoms with Crippen molar-refractivity contribution in [3.8, 4) is 0 Å². The van der Waals surface area contributed by atoms with E-state index in [0.29, 0.717) is 38.0 Å². The maximum atomic E-state index is 12.8. The Morgan fingerprint density at radius 1 is 1.29 bits per heavy atom. The number of hydrogen-bond acceptors (Lipinski definition) is 6. The van der Waals surface area contributed by atoms with Crippen molar-refractivity contribution < 1.29 is 23.2 Å². The number of amidine groups is 1. The fraction of sp³-hybridized carbons (Fsp3) is 0.556. The quantitative estimate of drug-likeness (QED) is 0.292. The zero-order valence-electron chi connectivity index (χ0n) is 16.4. The number of alkyl carbamates (subject to hydrolysis) is 1. The third-order valence-corrected chi connectivity index (χ3v) is 6.32. The molecule has 1 aliphatic heterocycles. The highest BCUT2D eigenvalue weighted by atomic mass is 32.2. The molecular weight excluding hydrogens is 384 g/mol. The van der Waals surface area contributed by atoms with Crippen molar-refractivity contribution in [2.45, 2.75) is 44.1 Å². The molecule has 0 atom stereocenters. The van der Waals surface area contributed by atoms with E-state index in [1.54, 1.807) is 20.8 Å². The second-order valence-electron chi connectivity index (χ2n) is 7.74. The molecule has 4 N–H and O–H groups in total. The minimum Gasteiger partial charge on any atom is -0.444 e. The largest absolute Gasteiger partial charge is 0.444 e. The number of nitrogens with one attached hydrogen (secondary N) is 1. The molecule has 1 aliphatic rings. The molecule has 1 saturated heterocycles. The molecule has 1 aromatic carbocycles. The minimum absolute atomic E-state index is 0.0813. The van der Waals surface area contributed by atoms with Crippen LogP contribution >= 0.6 is 0 Å². The molecule has 0 bridgehead atoms. The molecule has 28 heavy (non-hydrogen) atoms. The molecular formula is C18H28N4O5S. The van der Waals surface area contributed by atoms with E-state index in [-0.39, 0.29) is 16.6 Å². The number of ether oxygens (including phenoxy) is 1. The van der Waals surface area contributed by atoms with E-state index in [2.05, 4.69) is 10.5 Å². The Morgan fingerprint density at radius 2 is 1.86 bits per heavy atom. The second-order valence-corrected chi connectivity index (χ2v) is 9.68. The Kier molecular flexibility index (Phi) is 6.89. The molecule has 9 nitrogen and oxygen atoms in total. The van der Waals surface area contributed by atoms with Gasteiger partial charge in [0.25, 0.3) is 0 Å². The van der Waals surface area contributed by atoms with Crippen LogP contribution in [0.3, 0.4) is 0 Å². The Hall–Kier alpha value is -2.33. The second kappa shape index (κ2) is 8.78. The van der Waals surface area contributed by atoms with Crippen LogP contribution in [0, 0.1) is 5.92 Å². The number of rotatable bonds is 5. The standard InChI is InChI=1S/C18H28N4O5S/c1-18(2,3)27-17(23)20-12-13-8-10-22(11-9-13)28(25,26)15-6-4-14(5-7-15)16(19)21-24/h4-7,13,24H,8-12H2,1-3H3,(H2,19,21)(H,20,23). The number of hydrogen-bond donors (Lipinski definition) is 3. The van der Waals surface area contributed by atoms with Gasteiger partial charge in [0.1, 0.15) is 5.60 Å². The van der Waals surface area contributed by atoms with Gasteiger partial charge < -0.3 is 21.0 Å². The molecule has 1 heterocycles. The molecule has 1 fully saturated rings. The van der Waals surface area contributed by atoms with Gasteiger partial charge in [-0.15, -0.1) is 0 Å². The van der Waals surface area contributed by atoms with Gasteiger partial charge in [0.2, 0.25) is 10.0 Å². The van der Waals surface area contributed by atoms with Crippen molar-refractivity contribution in [3.05, 3.63) is 29.8 Å². The van der Waals surface area contributed by atoms with Crippen LogP contribution in [0.15, 0.2) is 34.3 Å². The summed E-state index contributed by atoms with van der Waals surface area (Å²) in [6.07, 6.45) is 0.836. The van der Waals surface area contributed by atoms with Gasteiger partial charge >= 0.3 is 6.09 Å². The lowest BCUT2D eigenvalue weighted by Crippen LogP contribution is -2.42. The molecule has 0 spiro atoms. The van der Waals surface area contributed by atoms with Crippen LogP contribution in [-0.2, 0) is 14.8 Å². The molecule has 0 saturated carbocycles. The Labute approximate surface area is 165 Å². The van der Waals surface area contributed by atoms with E-state index < -0.39 is 21.7 Å². The van der Waals surface area contributed by atoms with E-state index in [4.69, 9.17) is 15.7 Å². The first-order valence-electron chi connectivity index (χ1n) is 9.08. The average molecular weight is 413 g/mol. The Balaban J connectivity index is 1.90. The number of carbonyl (C=O) groups excluding carboxylic acids is 1. The summed E-state index contributed by atoms with van der Waals surface area (Å²) >= 11 is 0. The Morgan fingerprint density at radius 3 is 2.36 bits per heavy atom. The molecule has 0 unspecified atom stereocenters. The fourth-order valence-corrected chi connectivity index (χ4v) is 4.37. The minimum atomic E-state index is -3.61. The molecule has 10 heteroatoms. The van der Waals surface area contributed by atoms with Crippen molar-refractivity contribution in [2.24, 2.45) is 16.8 Å². The van der Waals surface area contributed by atoms with Gasteiger partial charge in [-0.05, 0) is 63.8 Å². The van der Waals surface area contributed by atoms with Crippen molar-refractivity contribution in [1.82, 2.24) is 9.62 Å². The van der Waals surface area contributed by atoms with Crippen LogP contribution in [0.2, 0.25) is 0 Å². The highest BCUT2D eigenvalue weighted by Gasteiger charge is 2.29. The lowest BCUT2D eigenvalue weighted by molar-refractivity contribution is 0.0513. The number of amides is 1. The number of nitrogens with two attached hydrogens (primary N) is 1. The van der Waals surface area contributed by atoms with Gasteiger partial charge in [-0.2, -0.15) is 4.31 Å². The van der Waals surface area contributed by atoms with E-state index in [9.17, 15) is 13.2 Å². The van der Waals surface area contributed by atoms with Gasteiger partial charge in [-0.25, -0.2) is 13.2 Å². The normalized spacial score (nSPS) is 17.3. The first kappa shape index (κ1) is 22.0. The topological polar surface area (TPSA) is 134 Å². The summed E-state index contributed by atoms with van der Waals surface area (Å²) < 4.78 is 32.2. The smallest absolute Gasteiger partial charge is 0.407 e. The summed E-state index contributed by atoms with van der Waals surface area (Å²) in [5.74, 6) is 0.115. The molecule has 0 radical (unpaired) electrons. The fourth-order valence-electron chi connectivity index (χ4n) is 2.90. The van der Waals surface area contributed by atoms with E-state index in [1.165, 1.54) is 28.6 Å². The predicted octanol–water partition coefficient (Wildman–Crippen LogP) is 1.71. The van der Waals surface area contributed by atoms with Crippen LogP contribution in [-0.4, -0.2) is 55.1 Å². The molecule has 156 valence electrons. The first-order valence-corrected chi connectivity index (χ1v) is 10.5. The van der Waals surface area contributed by atoms with Crippen molar-refractivity contribution in [3.63, 3.8) is 0 Å². The van der Waals surface area contributed by atoms with E-state index in [1.807, 2.05) is 0 Å². The number of sulfonamides is 1. The molecule has 0 aliphatic carbocycles. The molecule has 2 rings (SSSR count).